The topological polar surface area (TPSA) is 45.4 Å². The van der Waals surface area contributed by atoms with Crippen molar-refractivity contribution in [2.75, 3.05) is 0 Å². The first-order chi connectivity index (χ1) is 13.7. The van der Waals surface area contributed by atoms with Crippen molar-refractivity contribution in [1.29, 1.82) is 5.26 Å². The third-order valence-electron chi connectivity index (χ3n) is 4.83. The van der Waals surface area contributed by atoms with Crippen molar-refractivity contribution in [2.24, 2.45) is 4.74 Å². The van der Waals surface area contributed by atoms with Crippen LogP contribution in [0.1, 0.15) is 13.3 Å². The summed E-state index contributed by atoms with van der Waals surface area (Å²) in [6, 6.07) is 33.4. The van der Waals surface area contributed by atoms with Gasteiger partial charge in [-0.3, -0.25) is 0 Å². The predicted molar refractivity (Wildman–Crippen MR) is 115 cm³/mol. The van der Waals surface area contributed by atoms with Gasteiger partial charge in [-0.1, -0.05) is 91.0 Å². The van der Waals surface area contributed by atoms with Crippen LogP contribution >= 0.6 is 7.05 Å². The number of benzene rings is 3. The maximum absolute atomic E-state index is 9.63. The molecule has 28 heavy (non-hydrogen) atoms. The molecule has 1 atom stereocenters. The highest BCUT2D eigenvalue weighted by molar-refractivity contribution is 7.87. The third kappa shape index (κ3) is 3.28. The second-order valence-electron chi connectivity index (χ2n) is 6.77. The zero-order valence-electron chi connectivity index (χ0n) is 15.7. The molecule has 0 unspecified atom stereocenters. The average molecular weight is 384 g/mol. The second kappa shape index (κ2) is 7.89. The minimum atomic E-state index is -2.39. The summed E-state index contributed by atoms with van der Waals surface area (Å²) in [5.41, 5.74) is 0.625. The molecule has 0 N–H and O–H groups in total. The maximum Gasteiger partial charge on any atom is 0.227 e. The lowest BCUT2D eigenvalue weighted by molar-refractivity contribution is 0.159. The SMILES string of the molecule is C[C@@H]1CC(C#N)=C(N=P(c2ccccc2)(c2ccccc2)c2ccccc2)O1. The van der Waals surface area contributed by atoms with E-state index in [1.165, 1.54) is 0 Å². The van der Waals surface area contributed by atoms with E-state index in [0.29, 0.717) is 17.9 Å². The van der Waals surface area contributed by atoms with Gasteiger partial charge in [0.15, 0.2) is 0 Å². The van der Waals surface area contributed by atoms with E-state index in [9.17, 15) is 5.26 Å². The molecule has 0 fully saturated rings. The minimum Gasteiger partial charge on any atom is -0.474 e. The Morgan fingerprint density at radius 3 is 1.64 bits per heavy atom. The van der Waals surface area contributed by atoms with Crippen molar-refractivity contribution < 1.29 is 4.74 Å². The smallest absolute Gasteiger partial charge is 0.227 e. The molecule has 3 nitrogen and oxygen atoms in total. The molecule has 3 aromatic carbocycles. The van der Waals surface area contributed by atoms with E-state index in [0.717, 1.165) is 15.9 Å². The first-order valence-corrected chi connectivity index (χ1v) is 11.1. The van der Waals surface area contributed by atoms with Crippen LogP contribution < -0.4 is 15.9 Å². The molecule has 0 bridgehead atoms. The number of hydrogen-bond acceptors (Lipinski definition) is 3. The first kappa shape index (κ1) is 18.3. The van der Waals surface area contributed by atoms with Gasteiger partial charge in [-0.05, 0) is 6.92 Å². The van der Waals surface area contributed by atoms with Gasteiger partial charge in [-0.15, -0.1) is 0 Å². The molecular formula is C24H21N2OP. The van der Waals surface area contributed by atoms with Gasteiger partial charge in [-0.2, -0.15) is 5.26 Å². The highest BCUT2D eigenvalue weighted by atomic mass is 31.2. The van der Waals surface area contributed by atoms with Crippen molar-refractivity contribution in [1.82, 2.24) is 0 Å². The van der Waals surface area contributed by atoms with Gasteiger partial charge in [0.1, 0.15) is 12.2 Å². The summed E-state index contributed by atoms with van der Waals surface area (Å²) >= 11 is 0. The Balaban J connectivity index is 2.12. The van der Waals surface area contributed by atoms with Crippen LogP contribution in [0, 0.1) is 11.3 Å². The number of ether oxygens (including phenoxy) is 1. The summed E-state index contributed by atoms with van der Waals surface area (Å²) in [6.45, 7) is 1.98. The Bertz CT molecular complexity index is 980. The van der Waals surface area contributed by atoms with Gasteiger partial charge >= 0.3 is 0 Å². The van der Waals surface area contributed by atoms with Crippen LogP contribution in [0.4, 0.5) is 0 Å². The van der Waals surface area contributed by atoms with Crippen LogP contribution in [-0.2, 0) is 4.74 Å². The fourth-order valence-corrected chi connectivity index (χ4v) is 7.04. The van der Waals surface area contributed by atoms with Crippen LogP contribution in [0.2, 0.25) is 0 Å². The number of nitrogens with zero attached hydrogens (tertiary/aromatic N) is 2. The molecule has 0 spiro atoms. The zero-order valence-corrected chi connectivity index (χ0v) is 16.6. The summed E-state index contributed by atoms with van der Waals surface area (Å²) in [5.74, 6) is 0.486. The quantitative estimate of drug-likeness (QED) is 0.612. The lowest BCUT2D eigenvalue weighted by atomic mass is 10.2. The summed E-state index contributed by atoms with van der Waals surface area (Å²) in [6.07, 6.45) is 0.575. The summed E-state index contributed by atoms with van der Waals surface area (Å²) in [7, 11) is -2.39. The molecule has 1 aliphatic heterocycles. The number of hydrogen-bond donors (Lipinski definition) is 0. The average Bonchev–Trinajstić information content (AvgIpc) is 3.13. The van der Waals surface area contributed by atoms with E-state index in [-0.39, 0.29) is 6.10 Å². The van der Waals surface area contributed by atoms with E-state index in [1.54, 1.807) is 0 Å². The molecule has 1 heterocycles. The molecule has 0 saturated carbocycles. The predicted octanol–water partition coefficient (Wildman–Crippen LogP) is 4.71. The maximum atomic E-state index is 9.63. The lowest BCUT2D eigenvalue weighted by Crippen LogP contribution is -2.25. The van der Waals surface area contributed by atoms with Gasteiger partial charge in [0.2, 0.25) is 5.88 Å². The first-order valence-electron chi connectivity index (χ1n) is 9.33. The van der Waals surface area contributed by atoms with E-state index >= 15 is 0 Å². The van der Waals surface area contributed by atoms with Crippen LogP contribution in [0.25, 0.3) is 0 Å². The molecule has 4 heteroatoms. The van der Waals surface area contributed by atoms with Crippen molar-refractivity contribution in [3.63, 3.8) is 0 Å². The van der Waals surface area contributed by atoms with Gasteiger partial charge in [-0.25, -0.2) is 4.74 Å². The largest absolute Gasteiger partial charge is 0.474 e. The third-order valence-corrected chi connectivity index (χ3v) is 8.45. The van der Waals surface area contributed by atoms with Gasteiger partial charge in [0.25, 0.3) is 0 Å². The molecule has 3 aromatic rings. The number of rotatable bonds is 4. The van der Waals surface area contributed by atoms with Crippen LogP contribution in [0.5, 0.6) is 0 Å². The highest BCUT2D eigenvalue weighted by Crippen LogP contribution is 2.49. The fourth-order valence-electron chi connectivity index (χ4n) is 3.54. The molecule has 0 aliphatic carbocycles. The lowest BCUT2D eigenvalue weighted by Gasteiger charge is -2.27. The Labute approximate surface area is 166 Å². The molecule has 4 rings (SSSR count). The highest BCUT2D eigenvalue weighted by Gasteiger charge is 2.31. The van der Waals surface area contributed by atoms with Crippen molar-refractivity contribution in [3.05, 3.63) is 102 Å². The minimum absolute atomic E-state index is 0.0300. The molecular weight excluding hydrogens is 363 g/mol. The normalized spacial score (nSPS) is 16.4. The van der Waals surface area contributed by atoms with Crippen LogP contribution in [-0.4, -0.2) is 6.10 Å². The molecule has 0 radical (unpaired) electrons. The second-order valence-corrected chi connectivity index (χ2v) is 9.79. The van der Waals surface area contributed by atoms with Crippen molar-refractivity contribution in [3.8, 4) is 6.07 Å². The van der Waals surface area contributed by atoms with E-state index < -0.39 is 7.05 Å². The summed E-state index contributed by atoms with van der Waals surface area (Å²) in [4.78, 5) is 0. The Hall–Kier alpha value is -3.08. The summed E-state index contributed by atoms with van der Waals surface area (Å²) < 4.78 is 11.3. The monoisotopic (exact) mass is 384 g/mol. The van der Waals surface area contributed by atoms with E-state index in [2.05, 4.69) is 42.5 Å². The number of nitriles is 1. The van der Waals surface area contributed by atoms with Crippen LogP contribution in [0.3, 0.4) is 0 Å². The Morgan fingerprint density at radius 2 is 1.25 bits per heavy atom. The molecule has 0 aromatic heterocycles. The van der Waals surface area contributed by atoms with Crippen LogP contribution in [0.15, 0.2) is 107 Å². The standard InChI is InChI=1S/C24H21N2OP/c1-19-17-20(18-25)24(27-19)26-28(21-11-5-2-6-12-21,22-13-7-3-8-14-22)23-15-9-4-10-16-23/h2-16,19H,17H2,1H3/t19-/m1/s1. The van der Waals surface area contributed by atoms with Gasteiger partial charge in [0.05, 0.1) is 12.6 Å². The molecule has 0 amide bonds. The van der Waals surface area contributed by atoms with E-state index in [4.69, 9.17) is 9.48 Å². The summed E-state index contributed by atoms with van der Waals surface area (Å²) in [5, 5.41) is 13.0. The van der Waals surface area contributed by atoms with Gasteiger partial charge < -0.3 is 4.74 Å². The Morgan fingerprint density at radius 1 is 0.821 bits per heavy atom. The fraction of sp³-hybridized carbons (Fsp3) is 0.125. The van der Waals surface area contributed by atoms with E-state index in [1.807, 2.05) is 61.5 Å². The van der Waals surface area contributed by atoms with Crippen molar-refractivity contribution in [2.45, 2.75) is 19.4 Å². The molecule has 0 saturated heterocycles. The Kier molecular flexibility index (Phi) is 5.15. The van der Waals surface area contributed by atoms with Gasteiger partial charge in [0, 0.05) is 22.3 Å². The van der Waals surface area contributed by atoms with Crippen molar-refractivity contribution >= 4 is 23.0 Å². The molecule has 138 valence electrons. The zero-order chi connectivity index (χ0) is 19.4. The molecule has 1 aliphatic rings.